The molecule has 0 bridgehead atoms. The number of esters is 1. The predicted molar refractivity (Wildman–Crippen MR) is 70.5 cm³/mol. The summed E-state index contributed by atoms with van der Waals surface area (Å²) in [4.78, 5) is 15.6. The van der Waals surface area contributed by atoms with Crippen molar-refractivity contribution in [3.05, 3.63) is 47.7 Å². The Balaban J connectivity index is 2.37. The molecule has 0 unspecified atom stereocenters. The molecule has 0 aliphatic carbocycles. The summed E-state index contributed by atoms with van der Waals surface area (Å²) >= 11 is 0.906. The van der Waals surface area contributed by atoms with E-state index in [1.54, 1.807) is 0 Å². The van der Waals surface area contributed by atoms with E-state index in [1.165, 1.54) is 25.4 Å². The molecule has 2 aromatic rings. The third kappa shape index (κ3) is 2.88. The molecule has 0 spiro atoms. The fourth-order valence-corrected chi connectivity index (χ4v) is 2.32. The number of benzene rings is 1. The van der Waals surface area contributed by atoms with Crippen LogP contribution in [0.4, 0.5) is 14.5 Å². The lowest BCUT2D eigenvalue weighted by Crippen LogP contribution is -2.07. The van der Waals surface area contributed by atoms with E-state index in [-0.39, 0.29) is 21.2 Å². The van der Waals surface area contributed by atoms with Crippen LogP contribution >= 0.6 is 11.8 Å². The summed E-state index contributed by atoms with van der Waals surface area (Å²) in [5, 5.41) is 0.249. The van der Waals surface area contributed by atoms with Gasteiger partial charge < -0.3 is 10.5 Å². The molecule has 0 radical (unpaired) electrons. The molecule has 1 aromatic carbocycles. The van der Waals surface area contributed by atoms with Crippen molar-refractivity contribution in [1.29, 1.82) is 0 Å². The van der Waals surface area contributed by atoms with Crippen LogP contribution in [0.1, 0.15) is 10.4 Å². The lowest BCUT2D eigenvalue weighted by molar-refractivity contribution is 0.0601. The fourth-order valence-electron chi connectivity index (χ4n) is 1.49. The topological polar surface area (TPSA) is 65.2 Å². The first-order chi connectivity index (χ1) is 9.52. The van der Waals surface area contributed by atoms with Gasteiger partial charge in [-0.3, -0.25) is 0 Å². The second kappa shape index (κ2) is 5.87. The van der Waals surface area contributed by atoms with Gasteiger partial charge in [-0.2, -0.15) is 0 Å². The maximum absolute atomic E-state index is 13.6. The van der Waals surface area contributed by atoms with E-state index in [4.69, 9.17) is 5.73 Å². The van der Waals surface area contributed by atoms with Crippen LogP contribution in [0.2, 0.25) is 0 Å². The first-order valence-corrected chi connectivity index (χ1v) is 6.30. The highest BCUT2D eigenvalue weighted by molar-refractivity contribution is 7.99. The minimum absolute atomic E-state index is 0.0908. The molecule has 1 heterocycles. The number of carbonyl (C=O) groups excluding carboxylic acids is 1. The molecule has 0 aliphatic rings. The Labute approximate surface area is 118 Å². The summed E-state index contributed by atoms with van der Waals surface area (Å²) in [6.45, 7) is 0. The van der Waals surface area contributed by atoms with E-state index < -0.39 is 17.6 Å². The maximum atomic E-state index is 13.6. The Hall–Kier alpha value is -2.15. The quantitative estimate of drug-likeness (QED) is 0.882. The van der Waals surface area contributed by atoms with Crippen molar-refractivity contribution in [3.63, 3.8) is 0 Å². The number of nitrogen functional groups attached to an aromatic ring is 1. The average Bonchev–Trinajstić information content (AvgIpc) is 2.43. The van der Waals surface area contributed by atoms with Gasteiger partial charge in [0.1, 0.15) is 16.7 Å². The molecule has 2 N–H and O–H groups in total. The van der Waals surface area contributed by atoms with Crippen molar-refractivity contribution < 1.29 is 18.3 Å². The summed E-state index contributed by atoms with van der Waals surface area (Å²) < 4.78 is 31.0. The van der Waals surface area contributed by atoms with Crippen LogP contribution in [0, 0.1) is 11.6 Å². The summed E-state index contributed by atoms with van der Waals surface area (Å²) in [6.07, 6.45) is 1.37. The van der Waals surface area contributed by atoms with Crippen LogP contribution in [-0.2, 0) is 4.74 Å². The Kier molecular flexibility index (Phi) is 4.19. The van der Waals surface area contributed by atoms with E-state index in [0.29, 0.717) is 0 Å². The number of carbonyl (C=O) groups is 1. The van der Waals surface area contributed by atoms with Gasteiger partial charge >= 0.3 is 5.97 Å². The molecular weight excluding hydrogens is 286 g/mol. The summed E-state index contributed by atoms with van der Waals surface area (Å²) in [5.74, 6) is -2.00. The Morgan fingerprint density at radius 1 is 1.35 bits per heavy atom. The number of hydrogen-bond acceptors (Lipinski definition) is 5. The number of hydrogen-bond donors (Lipinski definition) is 1. The van der Waals surface area contributed by atoms with Crippen molar-refractivity contribution in [2.45, 2.75) is 9.92 Å². The number of anilines is 1. The summed E-state index contributed by atoms with van der Waals surface area (Å²) in [5.41, 5.74) is 6.04. The number of ether oxygens (including phenoxy) is 1. The number of nitrogens with two attached hydrogens (primary N) is 1. The largest absolute Gasteiger partial charge is 0.465 e. The van der Waals surface area contributed by atoms with Gasteiger partial charge in [-0.05, 0) is 18.2 Å². The zero-order chi connectivity index (χ0) is 14.7. The SMILES string of the molecule is COC(=O)c1ccnc(Sc2ccc(F)cc2F)c1N. The Morgan fingerprint density at radius 3 is 2.75 bits per heavy atom. The standard InChI is InChI=1S/C13H10F2N2O2S/c1-19-13(18)8-4-5-17-12(11(8)16)20-10-3-2-7(14)6-9(10)15/h2-6H,16H2,1H3. The fraction of sp³-hybridized carbons (Fsp3) is 0.0769. The molecule has 0 aliphatic heterocycles. The molecule has 7 heteroatoms. The van der Waals surface area contributed by atoms with Crippen molar-refractivity contribution in [2.24, 2.45) is 0 Å². The van der Waals surface area contributed by atoms with E-state index in [1.807, 2.05) is 0 Å². The van der Waals surface area contributed by atoms with Gasteiger partial charge in [-0.15, -0.1) is 0 Å². The molecule has 20 heavy (non-hydrogen) atoms. The normalized spacial score (nSPS) is 10.3. The van der Waals surface area contributed by atoms with Crippen LogP contribution in [-0.4, -0.2) is 18.1 Å². The van der Waals surface area contributed by atoms with Gasteiger partial charge in [0.15, 0.2) is 0 Å². The van der Waals surface area contributed by atoms with E-state index >= 15 is 0 Å². The molecule has 4 nitrogen and oxygen atoms in total. The van der Waals surface area contributed by atoms with E-state index in [0.717, 1.165) is 23.9 Å². The second-order valence-electron chi connectivity index (χ2n) is 3.75. The van der Waals surface area contributed by atoms with E-state index in [2.05, 4.69) is 9.72 Å². The lowest BCUT2D eigenvalue weighted by Gasteiger charge is -2.08. The highest BCUT2D eigenvalue weighted by Gasteiger charge is 2.16. The molecule has 0 saturated carbocycles. The number of methoxy groups -OCH3 is 1. The van der Waals surface area contributed by atoms with Crippen molar-refractivity contribution in [3.8, 4) is 0 Å². The summed E-state index contributed by atoms with van der Waals surface area (Å²) in [6, 6.07) is 4.59. The molecule has 0 atom stereocenters. The number of halogens is 2. The number of rotatable bonds is 3. The zero-order valence-corrected chi connectivity index (χ0v) is 11.2. The monoisotopic (exact) mass is 296 g/mol. The molecule has 1 aromatic heterocycles. The van der Waals surface area contributed by atoms with Crippen LogP contribution in [0.3, 0.4) is 0 Å². The molecule has 0 saturated heterocycles. The third-order valence-corrected chi connectivity index (χ3v) is 3.53. The average molecular weight is 296 g/mol. The first-order valence-electron chi connectivity index (χ1n) is 5.48. The minimum atomic E-state index is -0.723. The van der Waals surface area contributed by atoms with Gasteiger partial charge in [0.05, 0.1) is 18.4 Å². The second-order valence-corrected chi connectivity index (χ2v) is 4.78. The predicted octanol–water partition coefficient (Wildman–Crippen LogP) is 2.88. The highest BCUT2D eigenvalue weighted by atomic mass is 32.2. The Morgan fingerprint density at radius 2 is 2.10 bits per heavy atom. The number of aromatic nitrogens is 1. The smallest absolute Gasteiger partial charge is 0.340 e. The maximum Gasteiger partial charge on any atom is 0.340 e. The number of nitrogens with zero attached hydrogens (tertiary/aromatic N) is 1. The molecule has 2 rings (SSSR count). The molecule has 0 amide bonds. The van der Waals surface area contributed by atoms with Crippen LogP contribution in [0.25, 0.3) is 0 Å². The van der Waals surface area contributed by atoms with Gasteiger partial charge in [0.2, 0.25) is 0 Å². The van der Waals surface area contributed by atoms with Gasteiger partial charge in [0, 0.05) is 17.2 Å². The minimum Gasteiger partial charge on any atom is -0.465 e. The van der Waals surface area contributed by atoms with Crippen LogP contribution in [0.5, 0.6) is 0 Å². The van der Waals surface area contributed by atoms with Crippen LogP contribution in [0.15, 0.2) is 40.4 Å². The van der Waals surface area contributed by atoms with Gasteiger partial charge in [-0.25, -0.2) is 18.6 Å². The first kappa shape index (κ1) is 14.3. The molecule has 104 valence electrons. The van der Waals surface area contributed by atoms with Gasteiger partial charge in [-0.1, -0.05) is 11.8 Å². The lowest BCUT2D eigenvalue weighted by atomic mass is 10.2. The molecular formula is C13H10F2N2O2S. The Bertz CT molecular complexity index is 665. The van der Waals surface area contributed by atoms with Crippen molar-refractivity contribution in [1.82, 2.24) is 4.98 Å². The highest BCUT2D eigenvalue weighted by Crippen LogP contribution is 2.33. The third-order valence-electron chi connectivity index (χ3n) is 2.46. The summed E-state index contributed by atoms with van der Waals surface area (Å²) in [7, 11) is 1.23. The molecule has 0 fully saturated rings. The number of pyridine rings is 1. The van der Waals surface area contributed by atoms with Crippen molar-refractivity contribution >= 4 is 23.4 Å². The van der Waals surface area contributed by atoms with Crippen LogP contribution < -0.4 is 5.73 Å². The van der Waals surface area contributed by atoms with E-state index in [9.17, 15) is 13.6 Å². The van der Waals surface area contributed by atoms with Crippen molar-refractivity contribution in [2.75, 3.05) is 12.8 Å². The van der Waals surface area contributed by atoms with Gasteiger partial charge in [0.25, 0.3) is 0 Å². The zero-order valence-electron chi connectivity index (χ0n) is 10.4.